The molecule has 0 spiro atoms. The minimum atomic E-state index is 0.748. The van der Waals surface area contributed by atoms with E-state index in [2.05, 4.69) is 60.3 Å². The summed E-state index contributed by atoms with van der Waals surface area (Å²) in [5, 5.41) is 2.07. The Morgan fingerprint density at radius 3 is 2.33 bits per heavy atom. The molecule has 1 N–H and O–H groups in total. The van der Waals surface area contributed by atoms with Crippen LogP contribution in [0.5, 0.6) is 0 Å². The van der Waals surface area contributed by atoms with Gasteiger partial charge in [-0.2, -0.15) is 0 Å². The van der Waals surface area contributed by atoms with Crippen molar-refractivity contribution < 1.29 is 0 Å². The lowest BCUT2D eigenvalue weighted by atomic mass is 10.2. The van der Waals surface area contributed by atoms with Crippen LogP contribution in [0.25, 0.3) is 0 Å². The van der Waals surface area contributed by atoms with E-state index in [4.69, 9.17) is 0 Å². The second kappa shape index (κ2) is 5.92. The van der Waals surface area contributed by atoms with Gasteiger partial charge in [0, 0.05) is 0 Å². The Hall–Kier alpha value is -2.22. The number of nitrogens with one attached hydrogen (secondary N) is 1. The molecule has 92 valence electrons. The molecule has 0 bridgehead atoms. The van der Waals surface area contributed by atoms with E-state index in [1.807, 2.05) is 24.3 Å². The van der Waals surface area contributed by atoms with Crippen LogP contribution in [0.1, 0.15) is 5.56 Å². The normalized spacial score (nSPS) is 9.83. The minimum Gasteiger partial charge on any atom is -0.298 e. The van der Waals surface area contributed by atoms with Crippen LogP contribution in [-0.4, -0.2) is 6.54 Å². The van der Waals surface area contributed by atoms with Crippen LogP contribution in [0.4, 0.5) is 11.4 Å². The van der Waals surface area contributed by atoms with Gasteiger partial charge in [-0.25, -0.2) is 0 Å². The smallest absolute Gasteiger partial charge is 0.0575 e. The zero-order chi connectivity index (χ0) is 12.8. The molecular weight excluding hydrogens is 220 g/mol. The first-order valence-corrected chi connectivity index (χ1v) is 6.06. The molecule has 0 aliphatic carbocycles. The van der Waals surface area contributed by atoms with Crippen molar-refractivity contribution in [3.63, 3.8) is 0 Å². The molecule has 18 heavy (non-hydrogen) atoms. The van der Waals surface area contributed by atoms with E-state index >= 15 is 0 Å². The van der Waals surface area contributed by atoms with E-state index in [0.29, 0.717) is 0 Å². The van der Waals surface area contributed by atoms with Crippen LogP contribution >= 0.6 is 0 Å². The molecule has 0 aliphatic rings. The molecule has 2 aromatic carbocycles. The molecule has 2 heteroatoms. The van der Waals surface area contributed by atoms with Gasteiger partial charge in [0.1, 0.15) is 0 Å². The molecule has 0 aromatic heterocycles. The highest BCUT2D eigenvalue weighted by Crippen LogP contribution is 2.16. The summed E-state index contributed by atoms with van der Waals surface area (Å²) >= 11 is 0. The Bertz CT molecular complexity index is 488. The maximum Gasteiger partial charge on any atom is 0.0575 e. The van der Waals surface area contributed by atoms with Gasteiger partial charge in [-0.1, -0.05) is 42.0 Å². The summed E-state index contributed by atoms with van der Waals surface area (Å²) < 4.78 is 0. The van der Waals surface area contributed by atoms with E-state index in [0.717, 1.165) is 17.9 Å². The summed E-state index contributed by atoms with van der Waals surface area (Å²) in [4.78, 5) is 0. The fraction of sp³-hybridized carbons (Fsp3) is 0.125. The average molecular weight is 238 g/mol. The first kappa shape index (κ1) is 12.2. The van der Waals surface area contributed by atoms with Crippen LogP contribution in [0, 0.1) is 6.92 Å². The quantitative estimate of drug-likeness (QED) is 0.625. The van der Waals surface area contributed by atoms with Crippen molar-refractivity contribution in [1.29, 1.82) is 0 Å². The number of rotatable bonds is 5. The summed E-state index contributed by atoms with van der Waals surface area (Å²) in [6, 6.07) is 18.6. The van der Waals surface area contributed by atoms with Gasteiger partial charge < -0.3 is 0 Å². The summed E-state index contributed by atoms with van der Waals surface area (Å²) in [6.45, 7) is 6.63. The van der Waals surface area contributed by atoms with Gasteiger partial charge in [0.25, 0.3) is 0 Å². The Labute approximate surface area is 109 Å². The van der Waals surface area contributed by atoms with Crippen LogP contribution in [0.15, 0.2) is 67.3 Å². The molecule has 0 saturated carbocycles. The number of hydrogen-bond donors (Lipinski definition) is 1. The molecule has 0 atom stereocenters. The van der Waals surface area contributed by atoms with E-state index in [1.54, 1.807) is 0 Å². The SMILES string of the molecule is C=CCN(Nc1ccc(C)cc1)c1ccccc1. The first-order chi connectivity index (χ1) is 8.79. The fourth-order valence-electron chi connectivity index (χ4n) is 1.74. The summed E-state index contributed by atoms with van der Waals surface area (Å²) in [5.74, 6) is 0. The largest absolute Gasteiger partial charge is 0.298 e. The minimum absolute atomic E-state index is 0.748. The third kappa shape index (κ3) is 3.14. The third-order valence-corrected chi connectivity index (χ3v) is 2.70. The van der Waals surface area contributed by atoms with Gasteiger partial charge in [-0.15, -0.1) is 6.58 Å². The van der Waals surface area contributed by atoms with Crippen molar-refractivity contribution >= 4 is 11.4 Å². The highest BCUT2D eigenvalue weighted by Gasteiger charge is 2.03. The van der Waals surface area contributed by atoms with Crippen molar-refractivity contribution in [1.82, 2.24) is 0 Å². The fourth-order valence-corrected chi connectivity index (χ4v) is 1.74. The van der Waals surface area contributed by atoms with Gasteiger partial charge in [-0.3, -0.25) is 10.4 Å². The van der Waals surface area contributed by atoms with E-state index in [1.165, 1.54) is 5.56 Å². The van der Waals surface area contributed by atoms with Crippen LogP contribution in [0.2, 0.25) is 0 Å². The zero-order valence-electron chi connectivity index (χ0n) is 10.6. The van der Waals surface area contributed by atoms with Crippen molar-refractivity contribution in [2.45, 2.75) is 6.92 Å². The number of nitrogens with zero attached hydrogens (tertiary/aromatic N) is 1. The van der Waals surface area contributed by atoms with E-state index in [-0.39, 0.29) is 0 Å². The van der Waals surface area contributed by atoms with Crippen LogP contribution in [-0.2, 0) is 0 Å². The molecule has 2 nitrogen and oxygen atoms in total. The predicted octanol–water partition coefficient (Wildman–Crippen LogP) is 4.01. The molecule has 0 unspecified atom stereocenters. The van der Waals surface area contributed by atoms with Gasteiger partial charge in [0.15, 0.2) is 0 Å². The topological polar surface area (TPSA) is 15.3 Å². The molecule has 0 fully saturated rings. The molecular formula is C16H18N2. The molecule has 0 radical (unpaired) electrons. The van der Waals surface area contributed by atoms with Crippen LogP contribution < -0.4 is 10.4 Å². The Balaban J connectivity index is 2.16. The number of hydrogen-bond acceptors (Lipinski definition) is 2. The van der Waals surface area contributed by atoms with Crippen molar-refractivity contribution in [3.8, 4) is 0 Å². The number of benzene rings is 2. The molecule has 2 rings (SSSR count). The van der Waals surface area contributed by atoms with E-state index < -0.39 is 0 Å². The predicted molar refractivity (Wildman–Crippen MR) is 78.8 cm³/mol. The van der Waals surface area contributed by atoms with Gasteiger partial charge in [0.2, 0.25) is 0 Å². The lowest BCUT2D eigenvalue weighted by Crippen LogP contribution is -2.29. The maximum absolute atomic E-state index is 3.80. The Morgan fingerprint density at radius 2 is 1.72 bits per heavy atom. The van der Waals surface area contributed by atoms with E-state index in [9.17, 15) is 0 Å². The third-order valence-electron chi connectivity index (χ3n) is 2.70. The molecule has 0 heterocycles. The highest BCUT2D eigenvalue weighted by atomic mass is 15.5. The Kier molecular flexibility index (Phi) is 4.02. The molecule has 0 amide bonds. The van der Waals surface area contributed by atoms with Crippen molar-refractivity contribution in [2.75, 3.05) is 17.0 Å². The standard InChI is InChI=1S/C16H18N2/c1-3-13-18(16-7-5-4-6-8-16)17-15-11-9-14(2)10-12-15/h3-12,17H,1,13H2,2H3. The van der Waals surface area contributed by atoms with Gasteiger partial charge in [0.05, 0.1) is 17.9 Å². The molecule has 0 aliphatic heterocycles. The van der Waals surface area contributed by atoms with Crippen molar-refractivity contribution in [3.05, 3.63) is 72.8 Å². The lowest BCUT2D eigenvalue weighted by Gasteiger charge is -2.25. The number of hydrazine groups is 1. The number of para-hydroxylation sites is 1. The number of aryl methyl sites for hydroxylation is 1. The van der Waals surface area contributed by atoms with Gasteiger partial charge >= 0.3 is 0 Å². The molecule has 0 saturated heterocycles. The lowest BCUT2D eigenvalue weighted by molar-refractivity contribution is 1.01. The summed E-state index contributed by atoms with van der Waals surface area (Å²) in [7, 11) is 0. The van der Waals surface area contributed by atoms with Crippen molar-refractivity contribution in [2.24, 2.45) is 0 Å². The summed E-state index contributed by atoms with van der Waals surface area (Å²) in [5.41, 5.74) is 6.84. The monoisotopic (exact) mass is 238 g/mol. The second-order valence-electron chi connectivity index (χ2n) is 4.21. The zero-order valence-corrected chi connectivity index (χ0v) is 10.6. The Morgan fingerprint density at radius 1 is 1.06 bits per heavy atom. The summed E-state index contributed by atoms with van der Waals surface area (Å²) in [6.07, 6.45) is 1.88. The first-order valence-electron chi connectivity index (χ1n) is 6.06. The maximum atomic E-state index is 3.80. The number of anilines is 2. The van der Waals surface area contributed by atoms with Gasteiger partial charge in [-0.05, 0) is 31.2 Å². The second-order valence-corrected chi connectivity index (χ2v) is 4.21. The highest BCUT2D eigenvalue weighted by molar-refractivity contribution is 5.55. The molecule has 2 aromatic rings. The van der Waals surface area contributed by atoms with Crippen LogP contribution in [0.3, 0.4) is 0 Å². The average Bonchev–Trinajstić information content (AvgIpc) is 2.42.